The second-order valence-electron chi connectivity index (χ2n) is 8.06. The van der Waals surface area contributed by atoms with Crippen molar-refractivity contribution in [1.82, 2.24) is 25.3 Å². The normalized spacial score (nSPS) is 12.4. The van der Waals surface area contributed by atoms with Gasteiger partial charge in [-0.15, -0.1) is 16.4 Å². The average molecular weight is 596 g/mol. The summed E-state index contributed by atoms with van der Waals surface area (Å²) < 4.78 is 60.3. The van der Waals surface area contributed by atoms with Crippen LogP contribution in [0.15, 0.2) is 53.0 Å². The van der Waals surface area contributed by atoms with Crippen LogP contribution in [-0.2, 0) is 44.5 Å². The van der Waals surface area contributed by atoms with Gasteiger partial charge in [0.2, 0.25) is 10.2 Å². The van der Waals surface area contributed by atoms with E-state index in [0.717, 1.165) is 16.9 Å². The van der Waals surface area contributed by atoms with E-state index in [4.69, 9.17) is 14.6 Å². The maximum absolute atomic E-state index is 12.3. The third kappa shape index (κ3) is 8.51. The van der Waals surface area contributed by atoms with Crippen LogP contribution in [0.1, 0.15) is 11.3 Å². The minimum absolute atomic E-state index is 0.0394. The molecular formula is C23H24FN6O6S3. The molecule has 4 rings (SSSR count). The van der Waals surface area contributed by atoms with E-state index in [2.05, 4.69) is 20.6 Å². The molecule has 0 bridgehead atoms. The minimum atomic E-state index is -3.89. The average Bonchev–Trinajstić information content (AvgIpc) is 3.53. The number of fused-ring (bicyclic) bond motifs is 1. The Bertz CT molecular complexity index is 1580. The number of hydrogen-bond acceptors (Lipinski definition) is 10. The highest BCUT2D eigenvalue weighted by molar-refractivity contribution is 7.91. The number of alkyl halides is 1. The topological polar surface area (TPSA) is 168 Å². The molecule has 0 aliphatic heterocycles. The van der Waals surface area contributed by atoms with Crippen LogP contribution in [0.5, 0.6) is 11.5 Å². The first-order valence-corrected chi connectivity index (χ1v) is 15.2. The second-order valence-corrected chi connectivity index (χ2v) is 12.3. The highest BCUT2D eigenvalue weighted by Crippen LogP contribution is 2.28. The van der Waals surface area contributed by atoms with Gasteiger partial charge in [0.05, 0.1) is 23.0 Å². The molecule has 39 heavy (non-hydrogen) atoms. The van der Waals surface area contributed by atoms with E-state index in [0.29, 0.717) is 27.4 Å². The van der Waals surface area contributed by atoms with Gasteiger partial charge in [0.1, 0.15) is 43.6 Å². The predicted octanol–water partition coefficient (Wildman–Crippen LogP) is 1.69. The van der Waals surface area contributed by atoms with Gasteiger partial charge < -0.3 is 14.8 Å². The zero-order chi connectivity index (χ0) is 27.8. The molecule has 12 nitrogen and oxygen atoms in total. The second kappa shape index (κ2) is 13.1. The number of halogens is 1. The summed E-state index contributed by atoms with van der Waals surface area (Å²) in [6, 6.07) is 11.9. The molecule has 2 heterocycles. The van der Waals surface area contributed by atoms with E-state index in [-0.39, 0.29) is 41.5 Å². The quantitative estimate of drug-likeness (QED) is 0.220. The highest BCUT2D eigenvalue weighted by atomic mass is 32.2. The van der Waals surface area contributed by atoms with Gasteiger partial charge in [0.25, 0.3) is 10.0 Å². The van der Waals surface area contributed by atoms with Crippen molar-refractivity contribution in [2.24, 2.45) is 5.14 Å². The fraction of sp³-hybridized carbons (Fsp3) is 0.261. The van der Waals surface area contributed by atoms with Crippen LogP contribution in [-0.4, -0.2) is 57.5 Å². The van der Waals surface area contributed by atoms with Crippen LogP contribution in [0.4, 0.5) is 4.39 Å². The fourth-order valence-electron chi connectivity index (χ4n) is 3.30. The summed E-state index contributed by atoms with van der Waals surface area (Å²) in [6.07, 6.45) is 1.55. The number of hydrogen-bond donors (Lipinski definition) is 2. The maximum Gasteiger partial charge on any atom is 0.265 e. The number of carbonyl (C=O) groups is 1. The van der Waals surface area contributed by atoms with Gasteiger partial charge in [-0.1, -0.05) is 17.3 Å². The summed E-state index contributed by atoms with van der Waals surface area (Å²) in [5.41, 5.74) is 1.69. The molecule has 4 aromatic rings. The number of carbonyl (C=O) groups excluding carboxylic acids is 1. The zero-order valence-corrected chi connectivity index (χ0v) is 22.8. The Morgan fingerprint density at radius 2 is 2.03 bits per heavy atom. The van der Waals surface area contributed by atoms with Gasteiger partial charge in [-0.3, -0.25) is 9.00 Å². The number of nitrogens with zero attached hydrogens (tertiary/aromatic N) is 4. The molecule has 0 aliphatic carbocycles. The summed E-state index contributed by atoms with van der Waals surface area (Å²) in [4.78, 5) is 16.2. The Kier molecular flexibility index (Phi) is 9.55. The lowest BCUT2D eigenvalue weighted by atomic mass is 10.2. The largest absolute Gasteiger partial charge is 0.491 e. The SMILES string of the molecule is NS(=O)(=O)c1nc2cc(OCc3cn(CC(=O)N[CH]CS(=O)Cc4cccc(OCCF)c4)nn3)ccc2s1. The number of benzene rings is 2. The van der Waals surface area contributed by atoms with Crippen LogP contribution in [0, 0.1) is 6.54 Å². The summed E-state index contributed by atoms with van der Waals surface area (Å²) in [6.45, 7) is 0.753. The third-order valence-electron chi connectivity index (χ3n) is 4.97. The van der Waals surface area contributed by atoms with E-state index in [1.165, 1.54) is 11.2 Å². The van der Waals surface area contributed by atoms with Crippen LogP contribution in [0.25, 0.3) is 10.2 Å². The summed E-state index contributed by atoms with van der Waals surface area (Å²) in [7, 11) is -5.15. The summed E-state index contributed by atoms with van der Waals surface area (Å²) in [5, 5.41) is 15.6. The number of nitrogens with one attached hydrogen (secondary N) is 1. The van der Waals surface area contributed by atoms with Crippen LogP contribution in [0.2, 0.25) is 0 Å². The number of nitrogens with two attached hydrogens (primary N) is 1. The molecule has 1 unspecified atom stereocenters. The Hall–Kier alpha value is -3.47. The predicted molar refractivity (Wildman–Crippen MR) is 142 cm³/mol. The Morgan fingerprint density at radius 1 is 1.21 bits per heavy atom. The smallest absolute Gasteiger partial charge is 0.265 e. The van der Waals surface area contributed by atoms with Crippen molar-refractivity contribution in [1.29, 1.82) is 0 Å². The standard InChI is InChI=1S/C23H24FN6O6S3/c24-6-8-35-18-3-1-2-16(10-18)15-38(32)9-7-26-22(31)13-30-12-17(28-29-30)14-36-19-4-5-21-20(11-19)27-23(37-21)39(25,33)34/h1-5,7,10-12H,6,8-9,13-15H2,(H,26,31)(H2,25,33,34). The van der Waals surface area contributed by atoms with Crippen molar-refractivity contribution in [3.05, 3.63) is 66.5 Å². The number of thiazole rings is 1. The molecule has 207 valence electrons. The van der Waals surface area contributed by atoms with Gasteiger partial charge in [0, 0.05) is 28.4 Å². The first-order chi connectivity index (χ1) is 18.7. The molecule has 1 radical (unpaired) electrons. The highest BCUT2D eigenvalue weighted by Gasteiger charge is 2.15. The van der Waals surface area contributed by atoms with Crippen molar-refractivity contribution in [3.8, 4) is 11.5 Å². The van der Waals surface area contributed by atoms with Crippen molar-refractivity contribution in [2.75, 3.05) is 19.0 Å². The third-order valence-corrected chi connectivity index (χ3v) is 8.52. The van der Waals surface area contributed by atoms with Crippen molar-refractivity contribution >= 4 is 48.3 Å². The Balaban J connectivity index is 1.19. The molecule has 0 saturated carbocycles. The molecular weight excluding hydrogens is 571 g/mol. The molecule has 1 amide bonds. The molecule has 0 spiro atoms. The molecule has 0 saturated heterocycles. The van der Waals surface area contributed by atoms with Crippen LogP contribution < -0.4 is 19.9 Å². The number of aromatic nitrogens is 4. The van der Waals surface area contributed by atoms with Crippen molar-refractivity contribution in [2.45, 2.75) is 23.2 Å². The lowest BCUT2D eigenvalue weighted by molar-refractivity contribution is -0.121. The lowest BCUT2D eigenvalue weighted by Crippen LogP contribution is -2.27. The summed E-state index contributed by atoms with van der Waals surface area (Å²) in [5.74, 6) is 0.985. The molecule has 0 fully saturated rings. The van der Waals surface area contributed by atoms with E-state index < -0.39 is 27.5 Å². The van der Waals surface area contributed by atoms with Crippen molar-refractivity contribution < 1.29 is 31.3 Å². The zero-order valence-electron chi connectivity index (χ0n) is 20.4. The summed E-state index contributed by atoms with van der Waals surface area (Å²) >= 11 is 0.969. The number of sulfonamides is 1. The Labute approximate surface area is 229 Å². The minimum Gasteiger partial charge on any atom is -0.491 e. The molecule has 2 aromatic heterocycles. The van der Waals surface area contributed by atoms with Gasteiger partial charge >= 0.3 is 0 Å². The van der Waals surface area contributed by atoms with Gasteiger partial charge in [-0.05, 0) is 29.8 Å². The number of primary sulfonamides is 1. The van der Waals surface area contributed by atoms with Gasteiger partial charge in [0.15, 0.2) is 0 Å². The van der Waals surface area contributed by atoms with Gasteiger partial charge in [-0.25, -0.2) is 27.6 Å². The van der Waals surface area contributed by atoms with Gasteiger partial charge in [-0.2, -0.15) is 0 Å². The van der Waals surface area contributed by atoms with Crippen molar-refractivity contribution in [3.63, 3.8) is 0 Å². The first kappa shape index (κ1) is 28.5. The van der Waals surface area contributed by atoms with E-state index >= 15 is 0 Å². The maximum atomic E-state index is 12.3. The molecule has 0 aliphatic rings. The van der Waals surface area contributed by atoms with Crippen LogP contribution >= 0.6 is 11.3 Å². The van der Waals surface area contributed by atoms with E-state index in [1.54, 1.807) is 48.7 Å². The number of ether oxygens (including phenoxy) is 2. The molecule has 1 atom stereocenters. The lowest BCUT2D eigenvalue weighted by Gasteiger charge is -2.07. The molecule has 3 N–H and O–H groups in total. The fourth-order valence-corrected chi connectivity index (χ4v) is 5.88. The van der Waals surface area contributed by atoms with E-state index in [1.807, 2.05) is 0 Å². The van der Waals surface area contributed by atoms with Crippen LogP contribution in [0.3, 0.4) is 0 Å². The monoisotopic (exact) mass is 595 g/mol. The number of amides is 1. The molecule has 2 aromatic carbocycles. The first-order valence-electron chi connectivity index (χ1n) is 11.4. The Morgan fingerprint density at radius 3 is 2.82 bits per heavy atom. The molecule has 16 heteroatoms. The van der Waals surface area contributed by atoms with E-state index in [9.17, 15) is 21.8 Å². The number of rotatable bonds is 14.